The normalized spacial score (nSPS) is 21.8. The number of hydrogen-bond donors (Lipinski definition) is 0. The average molecular weight is 529 g/mol. The van der Waals surface area contributed by atoms with Crippen molar-refractivity contribution in [3.8, 4) is 5.75 Å². The number of amides is 3. The molecule has 1 aromatic rings. The lowest BCUT2D eigenvalue weighted by molar-refractivity contribution is -0.161. The van der Waals surface area contributed by atoms with Crippen LogP contribution in [0.15, 0.2) is 42.6 Å². The van der Waals surface area contributed by atoms with E-state index in [0.29, 0.717) is 17.7 Å². The van der Waals surface area contributed by atoms with Gasteiger partial charge in [0.2, 0.25) is 5.91 Å². The molecule has 3 aliphatic rings. The SMILES string of the molecule is C=CCOC(=O)C1=C(c2ccc(OCC(=O)N3CCOC3=O)cc2)CC2[C@@H]([C@@H](C)O[Si](C)(C)C)C(=O)N12. The molecule has 0 saturated carbocycles. The first kappa shape index (κ1) is 26.6. The second kappa shape index (κ2) is 10.5. The predicted molar refractivity (Wildman–Crippen MR) is 136 cm³/mol. The Morgan fingerprint density at radius 3 is 2.51 bits per heavy atom. The van der Waals surface area contributed by atoms with E-state index in [9.17, 15) is 19.2 Å². The minimum atomic E-state index is -1.86. The molecule has 0 bridgehead atoms. The number of nitrogens with zero attached hydrogens (tertiary/aromatic N) is 2. The van der Waals surface area contributed by atoms with Crippen molar-refractivity contribution >= 4 is 37.8 Å². The van der Waals surface area contributed by atoms with E-state index in [1.54, 1.807) is 24.3 Å². The van der Waals surface area contributed by atoms with Crippen LogP contribution in [-0.2, 0) is 28.3 Å². The van der Waals surface area contributed by atoms with Crippen LogP contribution in [0.5, 0.6) is 5.75 Å². The molecule has 11 heteroatoms. The van der Waals surface area contributed by atoms with E-state index >= 15 is 0 Å². The Kier molecular flexibility index (Phi) is 7.56. The Hall–Kier alpha value is -3.44. The summed E-state index contributed by atoms with van der Waals surface area (Å²) < 4.78 is 21.8. The van der Waals surface area contributed by atoms with Crippen LogP contribution in [0.3, 0.4) is 0 Å². The van der Waals surface area contributed by atoms with E-state index in [1.807, 2.05) is 6.92 Å². The number of β-lactam (4-membered cyclic amide) rings is 1. The second-order valence-corrected chi connectivity index (χ2v) is 14.6. The summed E-state index contributed by atoms with van der Waals surface area (Å²) in [7, 11) is -1.86. The number of carbonyl (C=O) groups excluding carboxylic acids is 4. The van der Waals surface area contributed by atoms with Crippen molar-refractivity contribution in [2.24, 2.45) is 5.92 Å². The van der Waals surface area contributed by atoms with Crippen LogP contribution in [0.1, 0.15) is 18.9 Å². The van der Waals surface area contributed by atoms with E-state index in [4.69, 9.17) is 18.6 Å². The molecule has 0 aliphatic carbocycles. The quantitative estimate of drug-likeness (QED) is 0.197. The topological polar surface area (TPSA) is 112 Å². The summed E-state index contributed by atoms with van der Waals surface area (Å²) in [6.45, 7) is 11.8. The summed E-state index contributed by atoms with van der Waals surface area (Å²) in [5.41, 5.74) is 1.69. The number of cyclic esters (lactones) is 1. The summed E-state index contributed by atoms with van der Waals surface area (Å²) in [6.07, 6.45) is 1.04. The standard InChI is InChI=1S/C26H32N2O8Si/c1-6-12-33-25(31)23-19(14-20-22(24(30)28(20)23)16(2)36-37(3,4)5)17-7-9-18(10-8-17)35-15-21(29)27-11-13-34-26(27)32/h6-10,16,20,22H,1,11-15H2,2-5H3/t16-,20?,22-/m1/s1. The van der Waals surface area contributed by atoms with Crippen molar-refractivity contribution in [2.75, 3.05) is 26.4 Å². The van der Waals surface area contributed by atoms with Crippen LogP contribution < -0.4 is 4.74 Å². The minimum absolute atomic E-state index is 0.0340. The summed E-state index contributed by atoms with van der Waals surface area (Å²) >= 11 is 0. The number of benzene rings is 1. The third kappa shape index (κ3) is 5.47. The number of esters is 1. The Balaban J connectivity index is 1.51. The van der Waals surface area contributed by atoms with E-state index in [2.05, 4.69) is 26.2 Å². The van der Waals surface area contributed by atoms with Gasteiger partial charge in [0.25, 0.3) is 5.91 Å². The first-order chi connectivity index (χ1) is 17.5. The molecular formula is C26H32N2O8Si. The smallest absolute Gasteiger partial charge is 0.416 e. The number of carbonyl (C=O) groups is 4. The van der Waals surface area contributed by atoms with Crippen molar-refractivity contribution in [2.45, 2.75) is 45.1 Å². The third-order valence-electron chi connectivity index (χ3n) is 6.41. The third-order valence-corrected chi connectivity index (χ3v) is 7.49. The molecule has 1 unspecified atom stereocenters. The van der Waals surface area contributed by atoms with Gasteiger partial charge in [-0.25, -0.2) is 14.5 Å². The Bertz CT molecular complexity index is 1140. The summed E-state index contributed by atoms with van der Waals surface area (Å²) in [5, 5.41) is 0. The number of ether oxygens (including phenoxy) is 3. The molecule has 0 spiro atoms. The van der Waals surface area contributed by atoms with Crippen LogP contribution in [0.25, 0.3) is 5.57 Å². The predicted octanol–water partition coefficient (Wildman–Crippen LogP) is 2.96. The second-order valence-electron chi connectivity index (χ2n) is 10.1. The van der Waals surface area contributed by atoms with Crippen LogP contribution in [0, 0.1) is 5.92 Å². The number of hydrogen-bond acceptors (Lipinski definition) is 8. The van der Waals surface area contributed by atoms with Crippen molar-refractivity contribution in [3.63, 3.8) is 0 Å². The minimum Gasteiger partial charge on any atom is -0.484 e. The highest BCUT2D eigenvalue weighted by Crippen LogP contribution is 2.48. The molecule has 3 amide bonds. The lowest BCUT2D eigenvalue weighted by Crippen LogP contribution is -2.63. The van der Waals surface area contributed by atoms with Gasteiger partial charge in [-0.2, -0.15) is 0 Å². The molecule has 10 nitrogen and oxygen atoms in total. The molecule has 4 rings (SSSR count). The highest BCUT2D eigenvalue weighted by molar-refractivity contribution is 6.69. The van der Waals surface area contributed by atoms with Gasteiger partial charge < -0.3 is 23.5 Å². The molecule has 37 heavy (non-hydrogen) atoms. The van der Waals surface area contributed by atoms with Gasteiger partial charge in [0.15, 0.2) is 14.9 Å². The molecule has 3 aliphatic heterocycles. The molecule has 2 fully saturated rings. The zero-order chi connectivity index (χ0) is 26.9. The largest absolute Gasteiger partial charge is 0.484 e. The lowest BCUT2D eigenvalue weighted by Gasteiger charge is -2.47. The van der Waals surface area contributed by atoms with Crippen LogP contribution in [0.4, 0.5) is 4.79 Å². The maximum absolute atomic E-state index is 13.2. The van der Waals surface area contributed by atoms with Crippen molar-refractivity contribution in [1.82, 2.24) is 9.80 Å². The first-order valence-corrected chi connectivity index (χ1v) is 15.6. The van der Waals surface area contributed by atoms with Crippen LogP contribution in [0.2, 0.25) is 19.6 Å². The molecular weight excluding hydrogens is 496 g/mol. The first-order valence-electron chi connectivity index (χ1n) is 12.2. The van der Waals surface area contributed by atoms with Gasteiger partial charge >= 0.3 is 12.1 Å². The van der Waals surface area contributed by atoms with Gasteiger partial charge in [0, 0.05) is 0 Å². The zero-order valence-electron chi connectivity index (χ0n) is 21.5. The van der Waals surface area contributed by atoms with Crippen LogP contribution in [-0.4, -0.2) is 80.5 Å². The summed E-state index contributed by atoms with van der Waals surface area (Å²) in [4.78, 5) is 52.4. The van der Waals surface area contributed by atoms with E-state index in [1.165, 1.54) is 11.0 Å². The molecule has 1 aromatic carbocycles. The monoisotopic (exact) mass is 528 g/mol. The molecule has 0 radical (unpaired) electrons. The molecule has 0 aromatic heterocycles. The fourth-order valence-electron chi connectivity index (χ4n) is 4.93. The molecule has 198 valence electrons. The van der Waals surface area contributed by atoms with Gasteiger partial charge in [-0.05, 0) is 56.3 Å². The van der Waals surface area contributed by atoms with E-state index in [-0.39, 0.29) is 56.0 Å². The Morgan fingerprint density at radius 1 is 1.22 bits per heavy atom. The lowest BCUT2D eigenvalue weighted by atomic mass is 9.82. The number of rotatable bonds is 10. The Morgan fingerprint density at radius 2 is 1.92 bits per heavy atom. The van der Waals surface area contributed by atoms with E-state index in [0.717, 1.165) is 10.5 Å². The maximum atomic E-state index is 13.2. The van der Waals surface area contributed by atoms with Crippen LogP contribution >= 0.6 is 0 Å². The van der Waals surface area contributed by atoms with Gasteiger partial charge in [0.1, 0.15) is 24.7 Å². The summed E-state index contributed by atoms with van der Waals surface area (Å²) in [6, 6.07) is 6.71. The zero-order valence-corrected chi connectivity index (χ0v) is 22.5. The van der Waals surface area contributed by atoms with Crippen molar-refractivity contribution in [3.05, 3.63) is 48.2 Å². The van der Waals surface area contributed by atoms with Gasteiger partial charge in [-0.3, -0.25) is 9.59 Å². The fraction of sp³-hybridized carbons (Fsp3) is 0.462. The Labute approximate surface area is 216 Å². The maximum Gasteiger partial charge on any atom is 0.416 e. The van der Waals surface area contributed by atoms with Gasteiger partial charge in [-0.15, -0.1) is 0 Å². The van der Waals surface area contributed by atoms with Gasteiger partial charge in [0.05, 0.1) is 24.6 Å². The van der Waals surface area contributed by atoms with E-state index < -0.39 is 26.3 Å². The number of fused-ring (bicyclic) bond motifs is 1. The fourth-order valence-corrected chi connectivity index (χ4v) is 6.19. The van der Waals surface area contributed by atoms with Crippen molar-refractivity contribution in [1.29, 1.82) is 0 Å². The molecule has 3 atom stereocenters. The van der Waals surface area contributed by atoms with Crippen molar-refractivity contribution < 1.29 is 37.8 Å². The molecule has 0 N–H and O–H groups in total. The van der Waals surface area contributed by atoms with Gasteiger partial charge in [-0.1, -0.05) is 24.8 Å². The molecule has 3 heterocycles. The average Bonchev–Trinajstić information content (AvgIpc) is 3.41. The number of imide groups is 1. The highest BCUT2D eigenvalue weighted by Gasteiger charge is 2.57. The summed E-state index contributed by atoms with van der Waals surface area (Å²) in [5.74, 6) is -1.12. The highest BCUT2D eigenvalue weighted by atomic mass is 28.4. The molecule has 2 saturated heterocycles.